The van der Waals surface area contributed by atoms with Gasteiger partial charge in [-0.25, -0.2) is 0 Å². The zero-order valence-electron chi connectivity index (χ0n) is 8.24. The number of rotatable bonds is 0. The van der Waals surface area contributed by atoms with Crippen LogP contribution in [0.25, 0.3) is 0 Å². The van der Waals surface area contributed by atoms with Crippen molar-refractivity contribution in [2.45, 2.75) is 26.2 Å². The Morgan fingerprint density at radius 1 is 1.38 bits per heavy atom. The van der Waals surface area contributed by atoms with Gasteiger partial charge in [0.25, 0.3) is 0 Å². The average Bonchev–Trinajstić information content (AvgIpc) is 2.35. The molecule has 0 atom stereocenters. The summed E-state index contributed by atoms with van der Waals surface area (Å²) in [4.78, 5) is 0. The van der Waals surface area contributed by atoms with E-state index in [0.717, 1.165) is 11.6 Å². The monoisotopic (exact) mass is 195 g/mol. The van der Waals surface area contributed by atoms with Crippen molar-refractivity contribution in [1.29, 1.82) is 0 Å². The van der Waals surface area contributed by atoms with E-state index >= 15 is 0 Å². The molecule has 13 heavy (non-hydrogen) atoms. The molecule has 2 heteroatoms. The number of fused-ring (bicyclic) bond motifs is 1. The minimum absolute atomic E-state index is 0.241. The molecule has 0 saturated carbocycles. The van der Waals surface area contributed by atoms with Gasteiger partial charge in [-0.2, -0.15) is 0 Å². The molecule has 1 aliphatic rings. The van der Waals surface area contributed by atoms with Crippen LogP contribution in [0.1, 0.15) is 25.0 Å². The van der Waals surface area contributed by atoms with Crippen LogP contribution in [0.5, 0.6) is 0 Å². The maximum Gasteiger partial charge on any atom is 0.0455 e. The Bertz CT molecular complexity index is 355. The zero-order valence-corrected chi connectivity index (χ0v) is 9.00. The first-order valence-corrected chi connectivity index (χ1v) is 4.93. The Morgan fingerprint density at radius 3 is 2.77 bits per heavy atom. The summed E-state index contributed by atoms with van der Waals surface area (Å²) in [5.74, 6) is 0. The van der Waals surface area contributed by atoms with Crippen LogP contribution in [-0.2, 0) is 5.41 Å². The maximum absolute atomic E-state index is 6.05. The molecule has 70 valence electrons. The van der Waals surface area contributed by atoms with Gasteiger partial charge in [-0.15, -0.1) is 0 Å². The number of hydrogen-bond acceptors (Lipinski definition) is 1. The van der Waals surface area contributed by atoms with Crippen molar-refractivity contribution in [3.05, 3.63) is 28.3 Å². The van der Waals surface area contributed by atoms with Gasteiger partial charge in [0.05, 0.1) is 0 Å². The van der Waals surface area contributed by atoms with Crippen molar-refractivity contribution in [3.8, 4) is 0 Å². The van der Waals surface area contributed by atoms with Gasteiger partial charge < -0.3 is 5.32 Å². The van der Waals surface area contributed by atoms with Crippen molar-refractivity contribution in [1.82, 2.24) is 0 Å². The summed E-state index contributed by atoms with van der Waals surface area (Å²) in [7, 11) is 0. The van der Waals surface area contributed by atoms with Crippen LogP contribution >= 0.6 is 11.6 Å². The number of anilines is 1. The normalized spacial score (nSPS) is 18.2. The molecule has 1 aliphatic heterocycles. The van der Waals surface area contributed by atoms with Gasteiger partial charge in [0, 0.05) is 22.7 Å². The fraction of sp³-hybridized carbons (Fsp3) is 0.455. The van der Waals surface area contributed by atoms with Gasteiger partial charge in [-0.1, -0.05) is 31.5 Å². The molecule has 1 nitrogen and oxygen atoms in total. The maximum atomic E-state index is 6.05. The first-order chi connectivity index (χ1) is 6.02. The quantitative estimate of drug-likeness (QED) is 0.670. The fourth-order valence-electron chi connectivity index (χ4n) is 1.88. The Morgan fingerprint density at radius 2 is 2.08 bits per heavy atom. The summed E-state index contributed by atoms with van der Waals surface area (Å²) in [5, 5.41) is 4.27. The van der Waals surface area contributed by atoms with Crippen LogP contribution in [-0.4, -0.2) is 6.54 Å². The van der Waals surface area contributed by atoms with Gasteiger partial charge in [0.2, 0.25) is 0 Å². The lowest BCUT2D eigenvalue weighted by Gasteiger charge is -2.17. The molecule has 0 aromatic heterocycles. The number of benzene rings is 1. The molecule has 0 unspecified atom stereocenters. The van der Waals surface area contributed by atoms with E-state index in [1.54, 1.807) is 0 Å². The Kier molecular flexibility index (Phi) is 1.81. The van der Waals surface area contributed by atoms with Gasteiger partial charge >= 0.3 is 0 Å². The van der Waals surface area contributed by atoms with E-state index in [2.05, 4.69) is 32.2 Å². The summed E-state index contributed by atoms with van der Waals surface area (Å²) in [5.41, 5.74) is 4.03. The second-order valence-corrected chi connectivity index (χ2v) is 4.74. The first kappa shape index (κ1) is 8.89. The molecule has 2 rings (SSSR count). The SMILES string of the molecule is Cc1c(Cl)ccc2c1NCC2(C)C. The molecule has 0 saturated heterocycles. The molecule has 0 radical (unpaired) electrons. The molecule has 1 heterocycles. The number of hydrogen-bond donors (Lipinski definition) is 1. The Labute approximate surface area is 84.1 Å². The molecule has 0 aliphatic carbocycles. The minimum atomic E-state index is 0.241. The van der Waals surface area contributed by atoms with Crippen molar-refractivity contribution in [2.75, 3.05) is 11.9 Å². The van der Waals surface area contributed by atoms with Crippen molar-refractivity contribution in [3.63, 3.8) is 0 Å². The summed E-state index contributed by atoms with van der Waals surface area (Å²) in [6, 6.07) is 4.12. The topological polar surface area (TPSA) is 12.0 Å². The van der Waals surface area contributed by atoms with Crippen LogP contribution in [0.15, 0.2) is 12.1 Å². The van der Waals surface area contributed by atoms with Crippen LogP contribution in [0.3, 0.4) is 0 Å². The van der Waals surface area contributed by atoms with Gasteiger partial charge in [-0.3, -0.25) is 0 Å². The summed E-state index contributed by atoms with van der Waals surface area (Å²) in [6.45, 7) is 7.57. The van der Waals surface area contributed by atoms with Crippen molar-refractivity contribution < 1.29 is 0 Å². The minimum Gasteiger partial charge on any atom is -0.384 e. The molecule has 1 aromatic carbocycles. The van der Waals surface area contributed by atoms with E-state index in [0.29, 0.717) is 0 Å². The van der Waals surface area contributed by atoms with E-state index in [9.17, 15) is 0 Å². The highest BCUT2D eigenvalue weighted by Gasteiger charge is 2.30. The van der Waals surface area contributed by atoms with Gasteiger partial charge in [-0.05, 0) is 24.1 Å². The van der Waals surface area contributed by atoms with E-state index in [1.165, 1.54) is 16.8 Å². The lowest BCUT2D eigenvalue weighted by Crippen LogP contribution is -2.18. The summed E-state index contributed by atoms with van der Waals surface area (Å²) < 4.78 is 0. The fourth-order valence-corrected chi connectivity index (χ4v) is 2.04. The second kappa shape index (κ2) is 2.65. The number of halogens is 1. The molecular formula is C11H14ClN. The second-order valence-electron chi connectivity index (χ2n) is 4.33. The van der Waals surface area contributed by atoms with Gasteiger partial charge in [0.1, 0.15) is 0 Å². The van der Waals surface area contributed by atoms with E-state index < -0.39 is 0 Å². The smallest absolute Gasteiger partial charge is 0.0455 e. The average molecular weight is 196 g/mol. The third kappa shape index (κ3) is 1.22. The lowest BCUT2D eigenvalue weighted by molar-refractivity contribution is 0.586. The lowest BCUT2D eigenvalue weighted by atomic mass is 9.86. The van der Waals surface area contributed by atoms with Crippen LogP contribution < -0.4 is 5.32 Å². The molecule has 1 aromatic rings. The van der Waals surface area contributed by atoms with E-state index in [4.69, 9.17) is 11.6 Å². The molecule has 0 fully saturated rings. The zero-order chi connectivity index (χ0) is 9.64. The summed E-state index contributed by atoms with van der Waals surface area (Å²) in [6.07, 6.45) is 0. The predicted molar refractivity (Wildman–Crippen MR) is 57.7 cm³/mol. The third-order valence-electron chi connectivity index (χ3n) is 2.84. The van der Waals surface area contributed by atoms with E-state index in [-0.39, 0.29) is 5.41 Å². The highest BCUT2D eigenvalue weighted by atomic mass is 35.5. The highest BCUT2D eigenvalue weighted by molar-refractivity contribution is 6.31. The van der Waals surface area contributed by atoms with Crippen LogP contribution in [0.2, 0.25) is 5.02 Å². The molecule has 1 N–H and O–H groups in total. The van der Waals surface area contributed by atoms with Crippen molar-refractivity contribution >= 4 is 17.3 Å². The highest BCUT2D eigenvalue weighted by Crippen LogP contribution is 2.40. The van der Waals surface area contributed by atoms with Crippen molar-refractivity contribution in [2.24, 2.45) is 0 Å². The molecule has 0 amide bonds. The standard InChI is InChI=1S/C11H14ClN/c1-7-9(12)5-4-8-10(7)13-6-11(8,2)3/h4-5,13H,6H2,1-3H3. The third-order valence-corrected chi connectivity index (χ3v) is 3.24. The molecule has 0 bridgehead atoms. The molecule has 0 spiro atoms. The van der Waals surface area contributed by atoms with Crippen LogP contribution in [0.4, 0.5) is 5.69 Å². The molecular weight excluding hydrogens is 182 g/mol. The van der Waals surface area contributed by atoms with Gasteiger partial charge in [0.15, 0.2) is 0 Å². The number of nitrogens with one attached hydrogen (secondary N) is 1. The van der Waals surface area contributed by atoms with Crippen LogP contribution in [0, 0.1) is 6.92 Å². The van der Waals surface area contributed by atoms with E-state index in [1.807, 2.05) is 6.07 Å². The Hall–Kier alpha value is -0.690. The predicted octanol–water partition coefficient (Wildman–Crippen LogP) is 3.35. The Balaban J connectivity index is 2.64. The first-order valence-electron chi connectivity index (χ1n) is 4.56. The largest absolute Gasteiger partial charge is 0.384 e. The summed E-state index contributed by atoms with van der Waals surface area (Å²) >= 11 is 6.05.